The van der Waals surface area contributed by atoms with Gasteiger partial charge in [0.2, 0.25) is 0 Å². The predicted molar refractivity (Wildman–Crippen MR) is 66.1 cm³/mol. The van der Waals surface area contributed by atoms with Crippen LogP contribution < -0.4 is 10.6 Å². The summed E-state index contributed by atoms with van der Waals surface area (Å²) in [5, 5.41) is 5.76. The van der Waals surface area contributed by atoms with Crippen LogP contribution in [0.3, 0.4) is 0 Å². The van der Waals surface area contributed by atoms with Crippen LogP contribution in [-0.4, -0.2) is 16.0 Å². The molecule has 0 bridgehead atoms. The molecule has 0 saturated carbocycles. The van der Waals surface area contributed by atoms with E-state index in [1.54, 1.807) is 36.5 Å². The Kier molecular flexibility index (Phi) is 3.52. The molecule has 0 unspecified atom stereocenters. The number of nitrogens with zero attached hydrogens (tertiary/aromatic N) is 2. The van der Waals surface area contributed by atoms with E-state index in [-0.39, 0.29) is 6.03 Å². The molecule has 0 aliphatic rings. The average molecular weight is 249 g/mol. The van der Waals surface area contributed by atoms with Gasteiger partial charge in [-0.05, 0) is 24.3 Å². The summed E-state index contributed by atoms with van der Waals surface area (Å²) in [7, 11) is 0. The van der Waals surface area contributed by atoms with Crippen LogP contribution in [0.15, 0.2) is 42.9 Å². The Morgan fingerprint density at radius 1 is 1.24 bits per heavy atom. The van der Waals surface area contributed by atoms with E-state index in [1.807, 2.05) is 0 Å². The van der Waals surface area contributed by atoms with Crippen LogP contribution in [0, 0.1) is 0 Å². The van der Waals surface area contributed by atoms with E-state index in [0.29, 0.717) is 16.5 Å². The first kappa shape index (κ1) is 11.3. The van der Waals surface area contributed by atoms with Crippen molar-refractivity contribution in [1.29, 1.82) is 0 Å². The molecule has 2 N–H and O–H groups in total. The molecule has 0 radical (unpaired) electrons. The molecule has 0 spiro atoms. The van der Waals surface area contributed by atoms with Crippen molar-refractivity contribution in [3.63, 3.8) is 0 Å². The molecule has 1 aromatic heterocycles. The molecule has 6 heteroatoms. The van der Waals surface area contributed by atoms with Gasteiger partial charge >= 0.3 is 6.03 Å². The summed E-state index contributed by atoms with van der Waals surface area (Å²) in [4.78, 5) is 19.2. The van der Waals surface area contributed by atoms with Crippen LogP contribution in [0.2, 0.25) is 5.02 Å². The molecular formula is C11H9ClN4O. The molecule has 2 rings (SSSR count). The van der Waals surface area contributed by atoms with Gasteiger partial charge in [0, 0.05) is 16.9 Å². The fourth-order valence-corrected chi connectivity index (χ4v) is 1.40. The van der Waals surface area contributed by atoms with Gasteiger partial charge in [-0.25, -0.2) is 14.8 Å². The zero-order valence-corrected chi connectivity index (χ0v) is 9.48. The normalized spacial score (nSPS) is 9.71. The van der Waals surface area contributed by atoms with E-state index in [9.17, 15) is 4.79 Å². The average Bonchev–Trinajstić information content (AvgIpc) is 2.30. The van der Waals surface area contributed by atoms with Gasteiger partial charge in [-0.15, -0.1) is 0 Å². The Morgan fingerprint density at radius 2 is 2.12 bits per heavy atom. The first-order chi connectivity index (χ1) is 8.24. The number of hydrogen-bond acceptors (Lipinski definition) is 3. The number of benzene rings is 1. The minimum Gasteiger partial charge on any atom is -0.308 e. The molecule has 0 aliphatic carbocycles. The van der Waals surface area contributed by atoms with Crippen molar-refractivity contribution in [2.45, 2.75) is 0 Å². The van der Waals surface area contributed by atoms with Crippen LogP contribution >= 0.6 is 11.6 Å². The third-order valence-corrected chi connectivity index (χ3v) is 2.14. The van der Waals surface area contributed by atoms with E-state index >= 15 is 0 Å². The lowest BCUT2D eigenvalue weighted by Gasteiger charge is -2.06. The lowest BCUT2D eigenvalue weighted by Crippen LogP contribution is -2.19. The molecule has 17 heavy (non-hydrogen) atoms. The number of anilines is 2. The van der Waals surface area contributed by atoms with E-state index < -0.39 is 0 Å². The second kappa shape index (κ2) is 5.27. The second-order valence-corrected chi connectivity index (χ2v) is 3.62. The fraction of sp³-hybridized carbons (Fsp3) is 0. The highest BCUT2D eigenvalue weighted by atomic mass is 35.5. The highest BCUT2D eigenvalue weighted by molar-refractivity contribution is 6.30. The molecule has 2 aromatic rings. The van der Waals surface area contributed by atoms with Crippen molar-refractivity contribution >= 4 is 29.1 Å². The van der Waals surface area contributed by atoms with Crippen LogP contribution in [0.5, 0.6) is 0 Å². The Hall–Kier alpha value is -2.14. The number of carbonyl (C=O) groups is 1. The number of aromatic nitrogens is 2. The third-order valence-electron chi connectivity index (χ3n) is 1.91. The van der Waals surface area contributed by atoms with Crippen molar-refractivity contribution in [3.8, 4) is 0 Å². The summed E-state index contributed by atoms with van der Waals surface area (Å²) in [5.74, 6) is 0.430. The molecule has 0 atom stereocenters. The Balaban J connectivity index is 1.98. The van der Waals surface area contributed by atoms with Crippen molar-refractivity contribution in [3.05, 3.63) is 47.9 Å². The molecule has 1 aromatic carbocycles. The minimum absolute atomic E-state index is 0.383. The van der Waals surface area contributed by atoms with Gasteiger partial charge in [-0.1, -0.05) is 17.7 Å². The number of rotatable bonds is 2. The summed E-state index contributed by atoms with van der Waals surface area (Å²) in [6, 6.07) is 8.09. The van der Waals surface area contributed by atoms with Gasteiger partial charge in [0.25, 0.3) is 0 Å². The standard InChI is InChI=1S/C11H9ClN4O/c12-8-2-1-3-9(6-8)15-11(17)16-10-4-5-13-7-14-10/h1-7H,(H2,13,14,15,16,17). The molecule has 1 heterocycles. The van der Waals surface area contributed by atoms with E-state index in [4.69, 9.17) is 11.6 Å². The third kappa shape index (κ3) is 3.42. The molecule has 0 aliphatic heterocycles. The van der Waals surface area contributed by atoms with E-state index in [0.717, 1.165) is 0 Å². The topological polar surface area (TPSA) is 66.9 Å². The Labute approximate surface area is 103 Å². The summed E-state index contributed by atoms with van der Waals surface area (Å²) in [5.41, 5.74) is 0.615. The van der Waals surface area contributed by atoms with Crippen molar-refractivity contribution in [2.24, 2.45) is 0 Å². The van der Waals surface area contributed by atoms with Crippen molar-refractivity contribution < 1.29 is 4.79 Å². The summed E-state index contributed by atoms with van der Waals surface area (Å²) in [6.45, 7) is 0. The highest BCUT2D eigenvalue weighted by Crippen LogP contribution is 2.14. The Morgan fingerprint density at radius 3 is 2.82 bits per heavy atom. The minimum atomic E-state index is -0.383. The predicted octanol–water partition coefficient (Wildman–Crippen LogP) is 2.77. The van der Waals surface area contributed by atoms with Gasteiger partial charge in [-0.2, -0.15) is 0 Å². The van der Waals surface area contributed by atoms with Gasteiger partial charge < -0.3 is 5.32 Å². The SMILES string of the molecule is O=C(Nc1cccc(Cl)c1)Nc1ccncn1. The molecule has 5 nitrogen and oxygen atoms in total. The van der Waals surface area contributed by atoms with Crippen molar-refractivity contribution in [2.75, 3.05) is 10.6 Å². The largest absolute Gasteiger partial charge is 0.324 e. The van der Waals surface area contributed by atoms with Gasteiger partial charge in [0.05, 0.1) is 0 Å². The smallest absolute Gasteiger partial charge is 0.308 e. The quantitative estimate of drug-likeness (QED) is 0.859. The number of halogens is 1. The second-order valence-electron chi connectivity index (χ2n) is 3.18. The van der Waals surface area contributed by atoms with E-state index in [1.165, 1.54) is 6.33 Å². The number of amides is 2. The molecule has 0 fully saturated rings. The summed E-state index contributed by atoms with van der Waals surface area (Å²) >= 11 is 5.80. The van der Waals surface area contributed by atoms with Gasteiger partial charge in [0.1, 0.15) is 12.1 Å². The summed E-state index contributed by atoms with van der Waals surface area (Å²) < 4.78 is 0. The highest BCUT2D eigenvalue weighted by Gasteiger charge is 2.03. The lowest BCUT2D eigenvalue weighted by molar-refractivity contribution is 0.262. The van der Waals surface area contributed by atoms with Crippen LogP contribution in [0.1, 0.15) is 0 Å². The number of hydrogen-bond donors (Lipinski definition) is 2. The van der Waals surface area contributed by atoms with Crippen LogP contribution in [0.4, 0.5) is 16.3 Å². The number of nitrogens with one attached hydrogen (secondary N) is 2. The maximum atomic E-state index is 11.6. The molecule has 86 valence electrons. The fourth-order valence-electron chi connectivity index (χ4n) is 1.21. The zero-order chi connectivity index (χ0) is 12.1. The van der Waals surface area contributed by atoms with Crippen LogP contribution in [0.25, 0.3) is 0 Å². The molecule has 0 saturated heterocycles. The van der Waals surface area contributed by atoms with Gasteiger partial charge in [-0.3, -0.25) is 5.32 Å². The molecular weight excluding hydrogens is 240 g/mol. The van der Waals surface area contributed by atoms with E-state index in [2.05, 4.69) is 20.6 Å². The number of carbonyl (C=O) groups excluding carboxylic acids is 1. The van der Waals surface area contributed by atoms with Crippen molar-refractivity contribution in [1.82, 2.24) is 9.97 Å². The van der Waals surface area contributed by atoms with Crippen LogP contribution in [-0.2, 0) is 0 Å². The Bertz CT molecular complexity index is 518. The summed E-state index contributed by atoms with van der Waals surface area (Å²) in [6.07, 6.45) is 2.90. The maximum absolute atomic E-state index is 11.6. The zero-order valence-electron chi connectivity index (χ0n) is 8.72. The first-order valence-corrected chi connectivity index (χ1v) is 5.21. The first-order valence-electron chi connectivity index (χ1n) is 4.83. The monoisotopic (exact) mass is 248 g/mol. The molecule has 2 amide bonds. The number of urea groups is 1. The maximum Gasteiger partial charge on any atom is 0.324 e. The van der Waals surface area contributed by atoms with Gasteiger partial charge in [0.15, 0.2) is 0 Å². The lowest BCUT2D eigenvalue weighted by atomic mass is 10.3.